The number of nitrogens with zero attached hydrogens (tertiary/aromatic N) is 2. The van der Waals surface area contributed by atoms with Gasteiger partial charge in [-0.25, -0.2) is 0 Å². The van der Waals surface area contributed by atoms with Crippen molar-refractivity contribution in [2.75, 3.05) is 0 Å². The van der Waals surface area contributed by atoms with E-state index in [0.29, 0.717) is 12.1 Å². The van der Waals surface area contributed by atoms with E-state index in [4.69, 9.17) is 0 Å². The molecular weight excluding hydrogens is 162 g/mol. The van der Waals surface area contributed by atoms with Crippen LogP contribution in [0.15, 0.2) is 18.6 Å². The third-order valence-corrected chi connectivity index (χ3v) is 2.60. The van der Waals surface area contributed by atoms with E-state index in [1.807, 2.05) is 6.20 Å². The highest BCUT2D eigenvalue weighted by molar-refractivity contribution is 5.03. The fourth-order valence-electron chi connectivity index (χ4n) is 1.50. The normalized spacial score (nSPS) is 28.5. The Morgan fingerprint density at radius 3 is 2.85 bits per heavy atom. The quantitative estimate of drug-likeness (QED) is 0.761. The molecule has 3 heteroatoms. The fourth-order valence-corrected chi connectivity index (χ4v) is 1.50. The largest absolute Gasteiger partial charge is 0.306 e. The predicted octanol–water partition coefficient (Wildman–Crippen LogP) is 1.54. The summed E-state index contributed by atoms with van der Waals surface area (Å²) in [6, 6.07) is 1.01. The molecule has 1 N–H and O–H groups in total. The predicted molar refractivity (Wildman–Crippen MR) is 51.2 cm³/mol. The highest BCUT2D eigenvalue weighted by atomic mass is 15.0. The summed E-state index contributed by atoms with van der Waals surface area (Å²) in [4.78, 5) is 8.31. The summed E-state index contributed by atoms with van der Waals surface area (Å²) < 4.78 is 0. The van der Waals surface area contributed by atoms with Gasteiger partial charge in [-0.2, -0.15) is 0 Å². The van der Waals surface area contributed by atoms with E-state index in [-0.39, 0.29) is 0 Å². The van der Waals surface area contributed by atoms with E-state index in [9.17, 15) is 0 Å². The van der Waals surface area contributed by atoms with Crippen molar-refractivity contribution in [2.24, 2.45) is 5.92 Å². The first-order chi connectivity index (χ1) is 6.27. The van der Waals surface area contributed by atoms with Crippen LogP contribution in [0.3, 0.4) is 0 Å². The molecule has 0 amide bonds. The Morgan fingerprint density at radius 2 is 2.31 bits per heavy atom. The Balaban J connectivity index is 1.94. The second-order valence-corrected chi connectivity index (χ2v) is 3.84. The van der Waals surface area contributed by atoms with Crippen molar-refractivity contribution in [3.63, 3.8) is 0 Å². The fraction of sp³-hybridized carbons (Fsp3) is 0.600. The van der Waals surface area contributed by atoms with Gasteiger partial charge in [-0.15, -0.1) is 0 Å². The summed E-state index contributed by atoms with van der Waals surface area (Å²) in [6.07, 6.45) is 6.56. The molecule has 3 unspecified atom stereocenters. The van der Waals surface area contributed by atoms with Crippen molar-refractivity contribution in [1.82, 2.24) is 15.3 Å². The molecule has 1 heterocycles. The molecule has 0 spiro atoms. The third kappa shape index (κ3) is 2.04. The maximum absolute atomic E-state index is 4.26. The lowest BCUT2D eigenvalue weighted by Crippen LogP contribution is -2.22. The molecule has 70 valence electrons. The van der Waals surface area contributed by atoms with E-state index >= 15 is 0 Å². The van der Waals surface area contributed by atoms with Crippen molar-refractivity contribution in [3.8, 4) is 0 Å². The Kier molecular flexibility index (Phi) is 2.27. The van der Waals surface area contributed by atoms with E-state index in [1.165, 1.54) is 6.42 Å². The lowest BCUT2D eigenvalue weighted by molar-refractivity contribution is 0.539. The average Bonchev–Trinajstić information content (AvgIpc) is 2.83. The molecule has 0 aromatic carbocycles. The Hall–Kier alpha value is -0.960. The Morgan fingerprint density at radius 1 is 1.54 bits per heavy atom. The third-order valence-electron chi connectivity index (χ3n) is 2.60. The molecule has 1 saturated carbocycles. The van der Waals surface area contributed by atoms with Crippen LogP contribution in [0.25, 0.3) is 0 Å². The number of hydrogen-bond acceptors (Lipinski definition) is 3. The van der Waals surface area contributed by atoms with E-state index in [2.05, 4.69) is 29.1 Å². The lowest BCUT2D eigenvalue weighted by atomic mass is 10.2. The van der Waals surface area contributed by atoms with Crippen molar-refractivity contribution >= 4 is 0 Å². The van der Waals surface area contributed by atoms with Crippen molar-refractivity contribution in [1.29, 1.82) is 0 Å². The lowest BCUT2D eigenvalue weighted by Gasteiger charge is -2.11. The summed E-state index contributed by atoms with van der Waals surface area (Å²) in [5.41, 5.74) is 1.03. The summed E-state index contributed by atoms with van der Waals surface area (Å²) in [6.45, 7) is 4.40. The number of rotatable bonds is 3. The maximum atomic E-state index is 4.26. The van der Waals surface area contributed by atoms with Crippen LogP contribution in [0.2, 0.25) is 0 Å². The molecule has 3 nitrogen and oxygen atoms in total. The average molecular weight is 177 g/mol. The standard InChI is InChI=1S/C10H15N3/c1-7-5-9(7)13-8(2)10-6-11-3-4-12-10/h3-4,6-9,13H,5H2,1-2H3. The molecule has 13 heavy (non-hydrogen) atoms. The molecule has 0 aliphatic heterocycles. The smallest absolute Gasteiger partial charge is 0.0753 e. The van der Waals surface area contributed by atoms with Crippen LogP contribution in [0.1, 0.15) is 32.0 Å². The van der Waals surface area contributed by atoms with Gasteiger partial charge in [0, 0.05) is 30.7 Å². The summed E-state index contributed by atoms with van der Waals surface area (Å²) in [5, 5.41) is 3.52. The maximum Gasteiger partial charge on any atom is 0.0753 e. The van der Waals surface area contributed by atoms with Crippen LogP contribution in [-0.4, -0.2) is 16.0 Å². The second kappa shape index (κ2) is 3.42. The molecule has 2 rings (SSSR count). The van der Waals surface area contributed by atoms with Gasteiger partial charge in [0.15, 0.2) is 0 Å². The zero-order valence-electron chi connectivity index (χ0n) is 8.07. The van der Waals surface area contributed by atoms with Gasteiger partial charge < -0.3 is 5.32 Å². The van der Waals surface area contributed by atoms with Gasteiger partial charge in [0.1, 0.15) is 0 Å². The SMILES string of the molecule is CC(NC1CC1C)c1cnccn1. The summed E-state index contributed by atoms with van der Waals surface area (Å²) in [5.74, 6) is 0.833. The van der Waals surface area contributed by atoms with Gasteiger partial charge in [0.25, 0.3) is 0 Å². The van der Waals surface area contributed by atoms with Crippen LogP contribution in [0, 0.1) is 5.92 Å². The minimum atomic E-state index is 0.323. The molecule has 1 aliphatic rings. The number of aromatic nitrogens is 2. The van der Waals surface area contributed by atoms with Gasteiger partial charge in [0.05, 0.1) is 5.69 Å². The van der Waals surface area contributed by atoms with Gasteiger partial charge in [-0.05, 0) is 19.3 Å². The number of hydrogen-bond donors (Lipinski definition) is 1. The highest BCUT2D eigenvalue weighted by Crippen LogP contribution is 2.31. The van der Waals surface area contributed by atoms with E-state index in [0.717, 1.165) is 11.6 Å². The van der Waals surface area contributed by atoms with Crippen molar-refractivity contribution in [2.45, 2.75) is 32.4 Å². The van der Waals surface area contributed by atoms with Crippen LogP contribution < -0.4 is 5.32 Å². The van der Waals surface area contributed by atoms with Gasteiger partial charge in [-0.1, -0.05) is 6.92 Å². The van der Waals surface area contributed by atoms with Gasteiger partial charge >= 0.3 is 0 Å². The molecule has 0 saturated heterocycles. The molecule has 0 radical (unpaired) electrons. The minimum absolute atomic E-state index is 0.323. The van der Waals surface area contributed by atoms with Crippen molar-refractivity contribution in [3.05, 3.63) is 24.3 Å². The number of nitrogens with one attached hydrogen (secondary N) is 1. The first-order valence-electron chi connectivity index (χ1n) is 4.79. The first-order valence-corrected chi connectivity index (χ1v) is 4.79. The monoisotopic (exact) mass is 177 g/mol. The van der Waals surface area contributed by atoms with Crippen LogP contribution in [0.5, 0.6) is 0 Å². The van der Waals surface area contributed by atoms with Crippen LogP contribution in [0.4, 0.5) is 0 Å². The highest BCUT2D eigenvalue weighted by Gasteiger charge is 2.33. The van der Waals surface area contributed by atoms with E-state index in [1.54, 1.807) is 12.4 Å². The topological polar surface area (TPSA) is 37.8 Å². The zero-order valence-corrected chi connectivity index (χ0v) is 8.07. The molecule has 1 fully saturated rings. The Labute approximate surface area is 78.6 Å². The summed E-state index contributed by atoms with van der Waals surface area (Å²) >= 11 is 0. The molecule has 1 aromatic rings. The zero-order chi connectivity index (χ0) is 9.26. The molecule has 1 aliphatic carbocycles. The minimum Gasteiger partial charge on any atom is -0.306 e. The Bertz CT molecular complexity index is 273. The van der Waals surface area contributed by atoms with Gasteiger partial charge in [0.2, 0.25) is 0 Å². The molecule has 3 atom stereocenters. The summed E-state index contributed by atoms with van der Waals surface area (Å²) in [7, 11) is 0. The van der Waals surface area contributed by atoms with Crippen LogP contribution >= 0.6 is 0 Å². The second-order valence-electron chi connectivity index (χ2n) is 3.84. The molecule has 1 aromatic heterocycles. The van der Waals surface area contributed by atoms with Crippen LogP contribution in [-0.2, 0) is 0 Å². The van der Waals surface area contributed by atoms with Gasteiger partial charge in [-0.3, -0.25) is 9.97 Å². The van der Waals surface area contributed by atoms with Crippen molar-refractivity contribution < 1.29 is 0 Å². The first kappa shape index (κ1) is 8.63. The molecule has 0 bridgehead atoms. The molecular formula is C10H15N3. The van der Waals surface area contributed by atoms with E-state index < -0.39 is 0 Å².